The molecule has 1 unspecified atom stereocenters. The van der Waals surface area contributed by atoms with Crippen LogP contribution in [0, 0.1) is 0 Å². The molecule has 0 amide bonds. The van der Waals surface area contributed by atoms with Gasteiger partial charge in [-0.25, -0.2) is 4.79 Å². The van der Waals surface area contributed by atoms with Gasteiger partial charge in [-0.1, -0.05) is 36.4 Å². The zero-order valence-electron chi connectivity index (χ0n) is 12.3. The molecule has 0 saturated carbocycles. The third-order valence-corrected chi connectivity index (χ3v) is 3.78. The number of carbonyl (C=O) groups is 2. The molecule has 0 spiro atoms. The van der Waals surface area contributed by atoms with E-state index in [1.807, 2.05) is 36.4 Å². The molecule has 4 heteroatoms. The molecule has 0 aromatic heterocycles. The molecule has 1 N–H and O–H groups in total. The van der Waals surface area contributed by atoms with Gasteiger partial charge in [0.2, 0.25) is 0 Å². The number of ketones is 1. The summed E-state index contributed by atoms with van der Waals surface area (Å²) in [6.07, 6.45) is 0.233. The van der Waals surface area contributed by atoms with Crippen LogP contribution in [0.3, 0.4) is 0 Å². The summed E-state index contributed by atoms with van der Waals surface area (Å²) >= 11 is 0. The summed E-state index contributed by atoms with van der Waals surface area (Å²) in [7, 11) is 0. The molecular weight excluding hydrogens is 278 g/mol. The monoisotopic (exact) mass is 295 g/mol. The van der Waals surface area contributed by atoms with Crippen LogP contribution in [0.4, 0.5) is 5.69 Å². The molecule has 1 aliphatic rings. The largest absolute Gasteiger partial charge is 0.462 e. The van der Waals surface area contributed by atoms with E-state index in [2.05, 4.69) is 5.32 Å². The van der Waals surface area contributed by atoms with Crippen molar-refractivity contribution in [3.63, 3.8) is 0 Å². The first-order valence-corrected chi connectivity index (χ1v) is 7.34. The van der Waals surface area contributed by atoms with E-state index in [1.54, 1.807) is 19.1 Å². The zero-order valence-corrected chi connectivity index (χ0v) is 12.3. The summed E-state index contributed by atoms with van der Waals surface area (Å²) in [5, 5.41) is 3.24. The number of nitrogens with one attached hydrogen (secondary N) is 1. The zero-order chi connectivity index (χ0) is 15.5. The second kappa shape index (κ2) is 6.02. The highest BCUT2D eigenvalue weighted by Crippen LogP contribution is 2.32. The molecule has 0 bridgehead atoms. The van der Waals surface area contributed by atoms with Crippen molar-refractivity contribution in [1.82, 2.24) is 0 Å². The molecule has 1 aliphatic heterocycles. The number of ether oxygens (including phenoxy) is 1. The van der Waals surface area contributed by atoms with Gasteiger partial charge in [0.25, 0.3) is 0 Å². The van der Waals surface area contributed by atoms with Crippen molar-refractivity contribution in [3.05, 3.63) is 65.2 Å². The molecule has 1 atom stereocenters. The summed E-state index contributed by atoms with van der Waals surface area (Å²) in [6.45, 7) is 2.08. The van der Waals surface area contributed by atoms with Crippen molar-refractivity contribution in [2.24, 2.45) is 0 Å². The molecule has 22 heavy (non-hydrogen) atoms. The van der Waals surface area contributed by atoms with E-state index in [9.17, 15) is 9.59 Å². The predicted octanol–water partition coefficient (Wildman–Crippen LogP) is 3.14. The summed E-state index contributed by atoms with van der Waals surface area (Å²) in [4.78, 5) is 24.5. The Bertz CT molecular complexity index is 710. The van der Waals surface area contributed by atoms with E-state index >= 15 is 0 Å². The normalized spacial score (nSPS) is 16.6. The summed E-state index contributed by atoms with van der Waals surface area (Å²) < 4.78 is 5.06. The summed E-state index contributed by atoms with van der Waals surface area (Å²) in [5.41, 5.74) is 2.93. The van der Waals surface area contributed by atoms with Gasteiger partial charge in [0, 0.05) is 12.1 Å². The van der Waals surface area contributed by atoms with Crippen molar-refractivity contribution >= 4 is 17.4 Å². The van der Waals surface area contributed by atoms with Gasteiger partial charge in [0.15, 0.2) is 5.78 Å². The van der Waals surface area contributed by atoms with Crippen LogP contribution in [-0.2, 0) is 16.0 Å². The van der Waals surface area contributed by atoms with Gasteiger partial charge in [-0.05, 0) is 30.2 Å². The quantitative estimate of drug-likeness (QED) is 0.884. The average Bonchev–Trinajstić information content (AvgIpc) is 2.54. The van der Waals surface area contributed by atoms with Gasteiger partial charge in [-0.2, -0.15) is 0 Å². The Morgan fingerprint density at radius 3 is 2.68 bits per heavy atom. The highest BCUT2D eigenvalue weighted by Gasteiger charge is 2.29. The Balaban J connectivity index is 1.96. The van der Waals surface area contributed by atoms with Gasteiger partial charge in [-0.3, -0.25) is 4.79 Å². The van der Waals surface area contributed by atoms with Crippen LogP contribution in [0.15, 0.2) is 48.5 Å². The SMILES string of the molecule is CCOC(=O)c1cccc2c1CC(=O)C(c1ccccc1)N2. The minimum absolute atomic E-state index is 0.0513. The van der Waals surface area contributed by atoms with Crippen molar-refractivity contribution in [3.8, 4) is 0 Å². The summed E-state index contributed by atoms with van der Waals surface area (Å²) in [5.74, 6) is -0.331. The first-order chi connectivity index (χ1) is 10.7. The molecular formula is C18H17NO3. The van der Waals surface area contributed by atoms with Crippen LogP contribution >= 0.6 is 0 Å². The molecule has 2 aromatic rings. The van der Waals surface area contributed by atoms with Crippen molar-refractivity contribution in [2.75, 3.05) is 11.9 Å². The van der Waals surface area contributed by atoms with Gasteiger partial charge in [0.1, 0.15) is 6.04 Å². The Hall–Kier alpha value is -2.62. The minimum Gasteiger partial charge on any atom is -0.462 e. The fourth-order valence-electron chi connectivity index (χ4n) is 2.74. The molecule has 0 radical (unpaired) electrons. The van der Waals surface area contributed by atoms with Crippen LogP contribution in [0.25, 0.3) is 0 Å². The maximum Gasteiger partial charge on any atom is 0.338 e. The minimum atomic E-state index is -0.382. The molecule has 112 valence electrons. The Morgan fingerprint density at radius 1 is 1.18 bits per heavy atom. The van der Waals surface area contributed by atoms with Crippen LogP contribution in [0.2, 0.25) is 0 Å². The second-order valence-corrected chi connectivity index (χ2v) is 5.18. The van der Waals surface area contributed by atoms with Gasteiger partial charge in [0.05, 0.1) is 12.2 Å². The van der Waals surface area contributed by atoms with Crippen LogP contribution < -0.4 is 5.32 Å². The van der Waals surface area contributed by atoms with Crippen molar-refractivity contribution < 1.29 is 14.3 Å². The maximum absolute atomic E-state index is 12.5. The van der Waals surface area contributed by atoms with E-state index in [0.29, 0.717) is 12.2 Å². The van der Waals surface area contributed by atoms with E-state index in [1.165, 1.54) is 0 Å². The van der Waals surface area contributed by atoms with E-state index in [4.69, 9.17) is 4.74 Å². The third-order valence-electron chi connectivity index (χ3n) is 3.78. The molecule has 0 fully saturated rings. The lowest BCUT2D eigenvalue weighted by atomic mass is 9.89. The van der Waals surface area contributed by atoms with Crippen LogP contribution in [-0.4, -0.2) is 18.4 Å². The van der Waals surface area contributed by atoms with Gasteiger partial charge in [-0.15, -0.1) is 0 Å². The Kier molecular flexibility index (Phi) is 3.92. The topological polar surface area (TPSA) is 55.4 Å². The molecule has 2 aromatic carbocycles. The lowest BCUT2D eigenvalue weighted by molar-refractivity contribution is -0.119. The molecule has 0 aliphatic carbocycles. The average molecular weight is 295 g/mol. The fourth-order valence-corrected chi connectivity index (χ4v) is 2.74. The number of carbonyl (C=O) groups excluding carboxylic acids is 2. The molecule has 1 heterocycles. The Morgan fingerprint density at radius 2 is 1.95 bits per heavy atom. The lowest BCUT2D eigenvalue weighted by Gasteiger charge is -2.27. The Labute approximate surface area is 129 Å². The number of anilines is 1. The fraction of sp³-hybridized carbons (Fsp3) is 0.222. The smallest absolute Gasteiger partial charge is 0.338 e. The summed E-state index contributed by atoms with van der Waals surface area (Å²) in [6, 6.07) is 14.6. The highest BCUT2D eigenvalue weighted by molar-refractivity contribution is 6.00. The number of benzene rings is 2. The van der Waals surface area contributed by atoms with Gasteiger partial charge >= 0.3 is 5.97 Å². The number of hydrogen-bond acceptors (Lipinski definition) is 4. The van der Waals surface area contributed by atoms with E-state index < -0.39 is 0 Å². The standard InChI is InChI=1S/C18H17NO3/c1-2-22-18(21)13-9-6-10-15-14(13)11-16(20)17(19-15)12-7-4-3-5-8-12/h3-10,17,19H,2,11H2,1H3. The predicted molar refractivity (Wildman–Crippen MR) is 83.9 cm³/mol. The van der Waals surface area contributed by atoms with Crippen molar-refractivity contribution in [2.45, 2.75) is 19.4 Å². The first kappa shape index (κ1) is 14.3. The van der Waals surface area contributed by atoms with Crippen LogP contribution in [0.5, 0.6) is 0 Å². The number of esters is 1. The van der Waals surface area contributed by atoms with E-state index in [-0.39, 0.29) is 24.2 Å². The molecule has 0 saturated heterocycles. The third kappa shape index (κ3) is 2.60. The highest BCUT2D eigenvalue weighted by atomic mass is 16.5. The maximum atomic E-state index is 12.5. The van der Waals surface area contributed by atoms with Crippen LogP contribution in [0.1, 0.15) is 34.5 Å². The number of hydrogen-bond donors (Lipinski definition) is 1. The first-order valence-electron chi connectivity index (χ1n) is 7.34. The number of Topliss-reactive ketones (excluding diaryl/α,β-unsaturated/α-hetero) is 1. The number of fused-ring (bicyclic) bond motifs is 1. The number of rotatable bonds is 3. The lowest BCUT2D eigenvalue weighted by Crippen LogP contribution is -2.29. The van der Waals surface area contributed by atoms with E-state index in [0.717, 1.165) is 16.8 Å². The molecule has 4 nitrogen and oxygen atoms in total. The van der Waals surface area contributed by atoms with Gasteiger partial charge < -0.3 is 10.1 Å². The molecule has 3 rings (SSSR count). The second-order valence-electron chi connectivity index (χ2n) is 5.18. The van der Waals surface area contributed by atoms with Crippen molar-refractivity contribution in [1.29, 1.82) is 0 Å².